The van der Waals surface area contributed by atoms with Crippen LogP contribution in [-0.4, -0.2) is 24.8 Å². The van der Waals surface area contributed by atoms with Gasteiger partial charge in [0, 0.05) is 11.1 Å². The number of alkyl carbamates (subject to hydrolysis) is 1. The fraction of sp³-hybridized carbons (Fsp3) is 0.632. The minimum atomic E-state index is -0.508. The monoisotopic (exact) mass is 355 g/mol. The Morgan fingerprint density at radius 2 is 1.96 bits per heavy atom. The van der Waals surface area contributed by atoms with E-state index in [1.807, 2.05) is 39.8 Å². The van der Waals surface area contributed by atoms with Gasteiger partial charge < -0.3 is 14.8 Å². The molecule has 1 aromatic rings. The Morgan fingerprint density at radius 3 is 2.50 bits per heavy atom. The molecule has 0 aromatic heterocycles. The average molecular weight is 356 g/mol. The van der Waals surface area contributed by atoms with Gasteiger partial charge >= 0.3 is 6.09 Å². The number of rotatable bonds is 7. The normalized spacial score (nSPS) is 12.6. The van der Waals surface area contributed by atoms with E-state index in [9.17, 15) is 4.79 Å². The maximum absolute atomic E-state index is 11.9. The van der Waals surface area contributed by atoms with Crippen LogP contribution in [0.25, 0.3) is 0 Å². The predicted octanol–water partition coefficient (Wildman–Crippen LogP) is 5.15. The molecule has 0 saturated heterocycles. The van der Waals surface area contributed by atoms with Crippen molar-refractivity contribution in [3.8, 4) is 5.75 Å². The maximum atomic E-state index is 11.9. The van der Waals surface area contributed by atoms with Crippen molar-refractivity contribution in [1.29, 1.82) is 0 Å². The van der Waals surface area contributed by atoms with Crippen LogP contribution in [-0.2, 0) is 17.6 Å². The van der Waals surface area contributed by atoms with Crippen LogP contribution in [0.1, 0.15) is 58.6 Å². The Kier molecular flexibility index (Phi) is 7.88. The van der Waals surface area contributed by atoms with Crippen molar-refractivity contribution in [2.24, 2.45) is 0 Å². The molecule has 4 nitrogen and oxygen atoms in total. The predicted molar refractivity (Wildman–Crippen MR) is 99.2 cm³/mol. The van der Waals surface area contributed by atoms with Crippen LogP contribution in [0, 0.1) is 0 Å². The number of carbonyl (C=O) groups is 1. The van der Waals surface area contributed by atoms with Gasteiger partial charge in [0.05, 0.1) is 7.11 Å². The minimum Gasteiger partial charge on any atom is -0.496 e. The molecule has 1 N–H and O–H groups in total. The first kappa shape index (κ1) is 20.6. The van der Waals surface area contributed by atoms with Crippen LogP contribution in [0.15, 0.2) is 12.1 Å². The van der Waals surface area contributed by atoms with Gasteiger partial charge in [-0.25, -0.2) is 4.79 Å². The summed E-state index contributed by atoms with van der Waals surface area (Å²) in [7, 11) is 1.66. The lowest BCUT2D eigenvalue weighted by Crippen LogP contribution is -2.38. The van der Waals surface area contributed by atoms with Crippen molar-refractivity contribution >= 4 is 17.7 Å². The summed E-state index contributed by atoms with van der Waals surface area (Å²) in [6.45, 7) is 9.62. The summed E-state index contributed by atoms with van der Waals surface area (Å²) in [6, 6.07) is 3.86. The fourth-order valence-electron chi connectivity index (χ4n) is 2.43. The van der Waals surface area contributed by atoms with Gasteiger partial charge in [0.1, 0.15) is 11.4 Å². The lowest BCUT2D eigenvalue weighted by atomic mass is 10.0. The molecule has 1 amide bonds. The number of nitrogens with one attached hydrogen (secondary N) is 1. The maximum Gasteiger partial charge on any atom is 0.407 e. The molecule has 24 heavy (non-hydrogen) atoms. The van der Waals surface area contributed by atoms with Crippen LogP contribution in [0.2, 0.25) is 5.02 Å². The molecule has 0 bridgehead atoms. The number of aryl methyl sites for hydroxylation is 1. The number of carbonyl (C=O) groups excluding carboxylic acids is 1. The van der Waals surface area contributed by atoms with Crippen LogP contribution in [0.3, 0.4) is 0 Å². The van der Waals surface area contributed by atoms with E-state index in [4.69, 9.17) is 21.1 Å². The first-order valence-electron chi connectivity index (χ1n) is 8.51. The van der Waals surface area contributed by atoms with Gasteiger partial charge in [-0.3, -0.25) is 0 Å². The lowest BCUT2D eigenvalue weighted by Gasteiger charge is -2.22. The van der Waals surface area contributed by atoms with E-state index >= 15 is 0 Å². The number of methoxy groups -OCH3 is 1. The number of hydrogen-bond acceptors (Lipinski definition) is 3. The molecule has 0 aliphatic rings. The first-order chi connectivity index (χ1) is 11.2. The molecular formula is C19H30ClNO3. The third-order valence-corrected chi connectivity index (χ3v) is 3.89. The zero-order valence-corrected chi connectivity index (χ0v) is 16.4. The SMILES string of the molecule is CCCCc1cc(OC)c(CC(C)NC(=O)OC(C)(C)C)cc1Cl. The third kappa shape index (κ3) is 7.00. The molecule has 1 unspecified atom stereocenters. The number of benzene rings is 1. The Balaban J connectivity index is 2.79. The van der Waals surface area contributed by atoms with E-state index in [-0.39, 0.29) is 6.04 Å². The topological polar surface area (TPSA) is 47.6 Å². The molecule has 136 valence electrons. The Morgan fingerprint density at radius 1 is 1.29 bits per heavy atom. The van der Waals surface area contributed by atoms with Crippen molar-refractivity contribution in [2.75, 3.05) is 7.11 Å². The quantitative estimate of drug-likeness (QED) is 0.736. The number of unbranched alkanes of at least 4 members (excludes halogenated alkanes) is 1. The first-order valence-corrected chi connectivity index (χ1v) is 8.88. The molecule has 0 aliphatic heterocycles. The van der Waals surface area contributed by atoms with Gasteiger partial charge in [-0.1, -0.05) is 24.9 Å². The second kappa shape index (κ2) is 9.16. The molecule has 0 aliphatic carbocycles. The highest BCUT2D eigenvalue weighted by Crippen LogP contribution is 2.29. The zero-order valence-electron chi connectivity index (χ0n) is 15.7. The van der Waals surface area contributed by atoms with E-state index in [0.717, 1.165) is 41.2 Å². The van der Waals surface area contributed by atoms with Crippen molar-refractivity contribution in [2.45, 2.75) is 71.9 Å². The van der Waals surface area contributed by atoms with Gasteiger partial charge in [0.15, 0.2) is 0 Å². The van der Waals surface area contributed by atoms with Gasteiger partial charge in [-0.2, -0.15) is 0 Å². The average Bonchev–Trinajstić information content (AvgIpc) is 2.44. The zero-order chi connectivity index (χ0) is 18.3. The molecule has 0 heterocycles. The minimum absolute atomic E-state index is 0.0914. The highest BCUT2D eigenvalue weighted by atomic mass is 35.5. The second-order valence-corrected chi connectivity index (χ2v) is 7.52. The molecule has 0 radical (unpaired) electrons. The molecule has 1 aromatic carbocycles. The largest absolute Gasteiger partial charge is 0.496 e. The van der Waals surface area contributed by atoms with Crippen LogP contribution < -0.4 is 10.1 Å². The summed E-state index contributed by atoms with van der Waals surface area (Å²) >= 11 is 6.40. The summed E-state index contributed by atoms with van der Waals surface area (Å²) in [5, 5.41) is 3.60. The Bertz CT molecular complexity index is 552. The van der Waals surface area contributed by atoms with Gasteiger partial charge in [0.2, 0.25) is 0 Å². The second-order valence-electron chi connectivity index (χ2n) is 7.11. The number of amides is 1. The Hall–Kier alpha value is -1.42. The van der Waals surface area contributed by atoms with Crippen molar-refractivity contribution in [3.63, 3.8) is 0 Å². The number of ether oxygens (including phenoxy) is 2. The molecule has 1 rings (SSSR count). The summed E-state index contributed by atoms with van der Waals surface area (Å²) in [5.41, 5.74) is 1.57. The lowest BCUT2D eigenvalue weighted by molar-refractivity contribution is 0.0508. The van der Waals surface area contributed by atoms with E-state index < -0.39 is 11.7 Å². The van der Waals surface area contributed by atoms with Crippen molar-refractivity contribution in [1.82, 2.24) is 5.32 Å². The van der Waals surface area contributed by atoms with Crippen LogP contribution in [0.4, 0.5) is 4.79 Å². The molecule has 0 spiro atoms. The van der Waals surface area contributed by atoms with E-state index in [1.54, 1.807) is 7.11 Å². The smallest absolute Gasteiger partial charge is 0.407 e. The molecular weight excluding hydrogens is 326 g/mol. The number of halogens is 1. The fourth-order valence-corrected chi connectivity index (χ4v) is 2.72. The van der Waals surface area contributed by atoms with Crippen molar-refractivity contribution in [3.05, 3.63) is 28.3 Å². The van der Waals surface area contributed by atoms with Crippen molar-refractivity contribution < 1.29 is 14.3 Å². The van der Waals surface area contributed by atoms with Crippen LogP contribution >= 0.6 is 11.6 Å². The van der Waals surface area contributed by atoms with Gasteiger partial charge in [-0.15, -0.1) is 0 Å². The van der Waals surface area contributed by atoms with Gasteiger partial charge in [-0.05, 0) is 70.2 Å². The summed E-state index contributed by atoms with van der Waals surface area (Å²) in [5.74, 6) is 0.809. The Labute approximate surface area is 150 Å². The summed E-state index contributed by atoms with van der Waals surface area (Å²) < 4.78 is 10.8. The standard InChI is InChI=1S/C19H30ClNO3/c1-7-8-9-14-12-17(23-6)15(11-16(14)20)10-13(2)21-18(22)24-19(3,4)5/h11-13H,7-10H2,1-6H3,(H,21,22). The highest BCUT2D eigenvalue weighted by molar-refractivity contribution is 6.31. The summed E-state index contributed by atoms with van der Waals surface area (Å²) in [4.78, 5) is 11.9. The third-order valence-electron chi connectivity index (χ3n) is 3.54. The van der Waals surface area contributed by atoms with E-state index in [0.29, 0.717) is 6.42 Å². The number of hydrogen-bond donors (Lipinski definition) is 1. The summed E-state index contributed by atoms with van der Waals surface area (Å²) in [6.07, 6.45) is 3.36. The molecule has 1 atom stereocenters. The molecule has 5 heteroatoms. The van der Waals surface area contributed by atoms with E-state index in [2.05, 4.69) is 12.2 Å². The van der Waals surface area contributed by atoms with Crippen LogP contribution in [0.5, 0.6) is 5.75 Å². The molecule has 0 saturated carbocycles. The van der Waals surface area contributed by atoms with E-state index in [1.165, 1.54) is 0 Å². The van der Waals surface area contributed by atoms with Gasteiger partial charge in [0.25, 0.3) is 0 Å². The highest BCUT2D eigenvalue weighted by Gasteiger charge is 2.19. The molecule has 0 fully saturated rings.